The predicted octanol–water partition coefficient (Wildman–Crippen LogP) is 4.74. The summed E-state index contributed by atoms with van der Waals surface area (Å²) in [7, 11) is -7.57. The summed E-state index contributed by atoms with van der Waals surface area (Å²) in [4.78, 5) is 0. The third-order valence-electron chi connectivity index (χ3n) is 3.86. The SMILES string of the molecule is FC(F)(F)CCC[SiH]1O[SiH2]O[Si](CCCC(F)(F)F)(CCCC(F)(F)F)O1. The van der Waals surface area contributed by atoms with Crippen LogP contribution in [0.3, 0.4) is 0 Å². The van der Waals surface area contributed by atoms with Gasteiger partial charge in [0.05, 0.1) is 0 Å². The van der Waals surface area contributed by atoms with Gasteiger partial charge in [0.1, 0.15) is 0 Å². The van der Waals surface area contributed by atoms with Crippen LogP contribution in [0.25, 0.3) is 0 Å². The average molecular weight is 469 g/mol. The van der Waals surface area contributed by atoms with Crippen LogP contribution in [-0.4, -0.2) is 46.4 Å². The molecule has 1 saturated heterocycles. The summed E-state index contributed by atoms with van der Waals surface area (Å²) in [6, 6.07) is -0.268. The number of halogens is 9. The average Bonchev–Trinajstić information content (AvgIpc) is 2.43. The zero-order chi connectivity index (χ0) is 20.8. The lowest BCUT2D eigenvalue weighted by atomic mass is 10.3. The van der Waals surface area contributed by atoms with Crippen molar-refractivity contribution in [2.45, 2.75) is 75.2 Å². The maximum atomic E-state index is 12.4. The maximum Gasteiger partial charge on any atom is 0.389 e. The molecule has 15 heteroatoms. The molecule has 0 aromatic rings. The van der Waals surface area contributed by atoms with Crippen molar-refractivity contribution in [3.05, 3.63) is 0 Å². The van der Waals surface area contributed by atoms with Crippen molar-refractivity contribution in [1.29, 1.82) is 0 Å². The van der Waals surface area contributed by atoms with Gasteiger partial charge in [-0.15, -0.1) is 0 Å². The molecule has 0 aliphatic carbocycles. The van der Waals surface area contributed by atoms with Crippen molar-refractivity contribution in [2.75, 3.05) is 0 Å². The summed E-state index contributed by atoms with van der Waals surface area (Å²) in [5, 5.41) is 0. The Morgan fingerprint density at radius 1 is 0.704 bits per heavy atom. The van der Waals surface area contributed by atoms with E-state index >= 15 is 0 Å². The van der Waals surface area contributed by atoms with E-state index < -0.39 is 65.6 Å². The Bertz CT molecular complexity index is 423. The quantitative estimate of drug-likeness (QED) is 0.362. The summed E-state index contributed by atoms with van der Waals surface area (Å²) in [5.74, 6) is 0. The van der Waals surface area contributed by atoms with Crippen molar-refractivity contribution >= 4 is 27.9 Å². The van der Waals surface area contributed by atoms with Crippen LogP contribution in [0.4, 0.5) is 39.5 Å². The van der Waals surface area contributed by atoms with Crippen molar-refractivity contribution in [3.8, 4) is 0 Å². The van der Waals surface area contributed by atoms with E-state index in [0.717, 1.165) is 0 Å². The first-order chi connectivity index (χ1) is 12.2. The second-order valence-corrected chi connectivity index (χ2v) is 14.3. The summed E-state index contributed by atoms with van der Waals surface area (Å²) in [6.07, 6.45) is -17.4. The van der Waals surface area contributed by atoms with E-state index in [9.17, 15) is 39.5 Å². The highest BCUT2D eigenvalue weighted by atomic mass is 28.5. The van der Waals surface area contributed by atoms with E-state index in [1.54, 1.807) is 0 Å². The molecule has 162 valence electrons. The highest BCUT2D eigenvalue weighted by Crippen LogP contribution is 2.34. The molecule has 0 bridgehead atoms. The Morgan fingerprint density at radius 2 is 1.15 bits per heavy atom. The third kappa shape index (κ3) is 12.1. The van der Waals surface area contributed by atoms with Gasteiger partial charge >= 0.3 is 36.4 Å². The van der Waals surface area contributed by atoms with Crippen molar-refractivity contribution in [2.24, 2.45) is 0 Å². The van der Waals surface area contributed by atoms with Gasteiger partial charge in [0.2, 0.25) is 0 Å². The van der Waals surface area contributed by atoms with Gasteiger partial charge in [-0.25, -0.2) is 0 Å². The molecule has 0 saturated carbocycles. The first-order valence-electron chi connectivity index (χ1n) is 8.33. The summed E-state index contributed by atoms with van der Waals surface area (Å²) < 4.78 is 127. The van der Waals surface area contributed by atoms with Crippen LogP contribution in [0.5, 0.6) is 0 Å². The van der Waals surface area contributed by atoms with Gasteiger partial charge in [0.25, 0.3) is 10.0 Å². The van der Waals surface area contributed by atoms with E-state index in [-0.39, 0.29) is 37.4 Å². The van der Waals surface area contributed by atoms with Gasteiger partial charge < -0.3 is 12.3 Å². The zero-order valence-corrected chi connectivity index (χ0v) is 17.8. The zero-order valence-electron chi connectivity index (χ0n) is 14.3. The molecule has 0 amide bonds. The molecule has 1 atom stereocenters. The molecule has 0 N–H and O–H groups in total. The lowest BCUT2D eigenvalue weighted by Crippen LogP contribution is -2.54. The van der Waals surface area contributed by atoms with Gasteiger partial charge in [-0.3, -0.25) is 0 Å². The first kappa shape index (κ1) is 24.9. The Hall–Kier alpha value is -0.0994. The normalized spacial score (nSPS) is 22.3. The molecule has 1 heterocycles. The second-order valence-electron chi connectivity index (χ2n) is 6.33. The lowest BCUT2D eigenvalue weighted by molar-refractivity contribution is -0.135. The molecule has 0 spiro atoms. The molecular formula is C12H21F9O3Si3. The molecule has 1 aliphatic rings. The minimum Gasteiger partial charge on any atom is -0.422 e. The van der Waals surface area contributed by atoms with Crippen LogP contribution in [0.1, 0.15) is 38.5 Å². The molecule has 1 unspecified atom stereocenters. The van der Waals surface area contributed by atoms with Gasteiger partial charge in [0.15, 0.2) is 0 Å². The molecule has 0 aromatic carbocycles. The molecule has 27 heavy (non-hydrogen) atoms. The smallest absolute Gasteiger partial charge is 0.389 e. The third-order valence-corrected chi connectivity index (χ3v) is 14.3. The van der Waals surface area contributed by atoms with Gasteiger partial charge in [-0.1, -0.05) is 0 Å². The molecule has 0 aromatic heterocycles. The van der Waals surface area contributed by atoms with Crippen LogP contribution in [-0.2, 0) is 12.3 Å². The van der Waals surface area contributed by atoms with Crippen molar-refractivity contribution in [1.82, 2.24) is 0 Å². The highest BCUT2D eigenvalue weighted by Gasteiger charge is 2.44. The lowest BCUT2D eigenvalue weighted by Gasteiger charge is -2.39. The van der Waals surface area contributed by atoms with E-state index in [1.807, 2.05) is 0 Å². The molecule has 1 fully saturated rings. The fraction of sp³-hybridized carbons (Fsp3) is 1.00. The Labute approximate surface area is 155 Å². The second kappa shape index (κ2) is 10.1. The monoisotopic (exact) mass is 468 g/mol. The van der Waals surface area contributed by atoms with E-state index in [2.05, 4.69) is 0 Å². The van der Waals surface area contributed by atoms with Crippen molar-refractivity contribution < 1.29 is 51.9 Å². The minimum atomic E-state index is -4.41. The van der Waals surface area contributed by atoms with Crippen LogP contribution < -0.4 is 0 Å². The van der Waals surface area contributed by atoms with Crippen molar-refractivity contribution in [3.63, 3.8) is 0 Å². The molecular weight excluding hydrogens is 447 g/mol. The molecule has 3 nitrogen and oxygen atoms in total. The maximum absolute atomic E-state index is 12.4. The topological polar surface area (TPSA) is 27.7 Å². The first-order valence-corrected chi connectivity index (χ1v) is 13.5. The molecule has 1 aliphatic heterocycles. The highest BCUT2D eigenvalue weighted by molar-refractivity contribution is 6.80. The number of alkyl halides is 9. The van der Waals surface area contributed by atoms with E-state index in [4.69, 9.17) is 12.3 Å². The van der Waals surface area contributed by atoms with Gasteiger partial charge in [-0.05, 0) is 37.4 Å². The number of hydrogen-bond acceptors (Lipinski definition) is 3. The Morgan fingerprint density at radius 3 is 1.59 bits per heavy atom. The standard InChI is InChI=1S/C12H21F9O3Si3/c13-10(14,15)4-1-7-26-22-25-23-27(24-26,8-2-5-11(16,17)18)9-3-6-12(19,20)21/h26H,1-9,25H2. The molecule has 0 radical (unpaired) electrons. The molecule has 1 rings (SSSR count). The number of hydrogen-bond donors (Lipinski definition) is 0. The van der Waals surface area contributed by atoms with Crippen LogP contribution in [0.2, 0.25) is 18.1 Å². The minimum absolute atomic E-state index is 0.00314. The summed E-state index contributed by atoms with van der Waals surface area (Å²) in [6.45, 7) is 0. The predicted molar refractivity (Wildman–Crippen MR) is 85.0 cm³/mol. The van der Waals surface area contributed by atoms with Gasteiger partial charge in [-0.2, -0.15) is 39.5 Å². The van der Waals surface area contributed by atoms with Crippen LogP contribution in [0.15, 0.2) is 0 Å². The largest absolute Gasteiger partial charge is 0.422 e. The van der Waals surface area contributed by atoms with Crippen LogP contribution in [0, 0.1) is 0 Å². The van der Waals surface area contributed by atoms with E-state index in [1.165, 1.54) is 0 Å². The Kier molecular flexibility index (Phi) is 9.32. The fourth-order valence-electron chi connectivity index (χ4n) is 2.64. The Balaban J connectivity index is 2.64. The number of rotatable bonds is 9. The summed E-state index contributed by atoms with van der Waals surface area (Å²) in [5.41, 5.74) is 0. The summed E-state index contributed by atoms with van der Waals surface area (Å²) >= 11 is 0. The van der Waals surface area contributed by atoms with E-state index in [0.29, 0.717) is 0 Å². The van der Waals surface area contributed by atoms with Crippen LogP contribution >= 0.6 is 0 Å². The fourth-order valence-corrected chi connectivity index (χ4v) is 14.1. The van der Waals surface area contributed by atoms with Gasteiger partial charge in [0, 0.05) is 19.3 Å².